The Morgan fingerprint density at radius 3 is 2.52 bits per heavy atom. The molecule has 0 fully saturated rings. The molecule has 0 amide bonds. The number of hydrogen-bond donors (Lipinski definition) is 2. The molecular weight excluding hydrogens is 358 g/mol. The Labute approximate surface area is 135 Å². The van der Waals surface area contributed by atoms with E-state index in [1.807, 2.05) is 24.3 Å². The molecule has 2 N–H and O–H groups in total. The number of hydrogen-bond acceptors (Lipinski definition) is 4. The number of esters is 1. The second kappa shape index (κ2) is 6.83. The largest absolute Gasteiger partial charge is 0.506 e. The number of nitrogens with one attached hydrogen (secondary N) is 1. The van der Waals surface area contributed by atoms with Crippen LogP contribution in [-0.2, 0) is 9.53 Å². The van der Waals surface area contributed by atoms with Crippen LogP contribution in [0.4, 0.5) is 5.69 Å². The zero-order valence-electron chi connectivity index (χ0n) is 11.1. The van der Waals surface area contributed by atoms with Crippen LogP contribution in [0, 0.1) is 0 Å². The van der Waals surface area contributed by atoms with Crippen LogP contribution in [0.5, 0.6) is 5.75 Å². The molecule has 0 aromatic heterocycles. The number of benzene rings is 2. The number of ether oxygens (including phenoxy) is 1. The van der Waals surface area contributed by atoms with Gasteiger partial charge in [-0.15, -0.1) is 0 Å². The SMILES string of the molecule is COC(=O)C(Nc1ccc(Br)cc1)c1ccc(O)c(Cl)c1. The summed E-state index contributed by atoms with van der Waals surface area (Å²) in [5.41, 5.74) is 1.37. The number of anilines is 1. The fourth-order valence-electron chi connectivity index (χ4n) is 1.81. The van der Waals surface area contributed by atoms with Gasteiger partial charge in [0.05, 0.1) is 12.1 Å². The molecule has 0 aliphatic carbocycles. The van der Waals surface area contributed by atoms with Crippen LogP contribution < -0.4 is 5.32 Å². The Balaban J connectivity index is 2.31. The minimum absolute atomic E-state index is 0.0346. The number of rotatable bonds is 4. The van der Waals surface area contributed by atoms with E-state index in [0.717, 1.165) is 10.2 Å². The molecule has 0 radical (unpaired) electrons. The Kier molecular flexibility index (Phi) is 5.09. The number of methoxy groups -OCH3 is 1. The molecule has 6 heteroatoms. The summed E-state index contributed by atoms with van der Waals surface area (Å²) in [6.45, 7) is 0. The first-order valence-corrected chi connectivity index (χ1v) is 7.26. The van der Waals surface area contributed by atoms with Crippen LogP contribution in [-0.4, -0.2) is 18.2 Å². The van der Waals surface area contributed by atoms with Crippen molar-refractivity contribution in [2.24, 2.45) is 0 Å². The zero-order valence-corrected chi connectivity index (χ0v) is 13.5. The number of carbonyl (C=O) groups excluding carboxylic acids is 1. The second-order valence-corrected chi connectivity index (χ2v) is 5.64. The molecule has 21 heavy (non-hydrogen) atoms. The van der Waals surface area contributed by atoms with E-state index in [2.05, 4.69) is 21.2 Å². The Bertz CT molecular complexity index is 646. The summed E-state index contributed by atoms with van der Waals surface area (Å²) in [4.78, 5) is 12.0. The summed E-state index contributed by atoms with van der Waals surface area (Å²) >= 11 is 9.25. The molecule has 1 atom stereocenters. The molecule has 0 spiro atoms. The summed E-state index contributed by atoms with van der Waals surface area (Å²) in [6, 6.07) is 11.3. The molecule has 1 unspecified atom stereocenters. The molecule has 4 nitrogen and oxygen atoms in total. The average molecular weight is 371 g/mol. The van der Waals surface area contributed by atoms with Crippen molar-refractivity contribution in [2.75, 3.05) is 12.4 Å². The quantitative estimate of drug-likeness (QED) is 0.794. The maximum atomic E-state index is 12.0. The van der Waals surface area contributed by atoms with Gasteiger partial charge in [0, 0.05) is 10.2 Å². The molecule has 2 aromatic carbocycles. The van der Waals surface area contributed by atoms with Gasteiger partial charge in [-0.1, -0.05) is 33.6 Å². The van der Waals surface area contributed by atoms with Gasteiger partial charge >= 0.3 is 5.97 Å². The van der Waals surface area contributed by atoms with Crippen molar-refractivity contribution < 1.29 is 14.6 Å². The lowest BCUT2D eigenvalue weighted by Crippen LogP contribution is -2.22. The third-order valence-corrected chi connectivity index (χ3v) is 3.73. The summed E-state index contributed by atoms with van der Waals surface area (Å²) in [7, 11) is 1.32. The highest BCUT2D eigenvalue weighted by Crippen LogP contribution is 2.29. The van der Waals surface area contributed by atoms with Crippen molar-refractivity contribution in [3.63, 3.8) is 0 Å². The van der Waals surface area contributed by atoms with E-state index in [4.69, 9.17) is 16.3 Å². The molecule has 2 aromatic rings. The standard InChI is InChI=1S/C15H13BrClNO3/c1-21-15(20)14(9-2-7-13(19)12(17)8-9)18-11-5-3-10(16)4-6-11/h2-8,14,18-19H,1H3. The molecule has 2 rings (SSSR count). The summed E-state index contributed by atoms with van der Waals surface area (Å²) in [5.74, 6) is -0.479. The first-order chi connectivity index (χ1) is 10.0. The van der Waals surface area contributed by atoms with Crippen molar-refractivity contribution in [1.29, 1.82) is 0 Å². The second-order valence-electron chi connectivity index (χ2n) is 4.32. The van der Waals surface area contributed by atoms with Gasteiger partial charge in [-0.25, -0.2) is 4.79 Å². The lowest BCUT2D eigenvalue weighted by Gasteiger charge is -2.18. The first-order valence-electron chi connectivity index (χ1n) is 6.09. The Morgan fingerprint density at radius 2 is 1.95 bits per heavy atom. The highest BCUT2D eigenvalue weighted by Gasteiger charge is 2.22. The third-order valence-electron chi connectivity index (χ3n) is 2.90. The van der Waals surface area contributed by atoms with Crippen LogP contribution in [0.2, 0.25) is 5.02 Å². The van der Waals surface area contributed by atoms with E-state index in [9.17, 15) is 9.90 Å². The maximum Gasteiger partial charge on any atom is 0.332 e. The predicted molar refractivity (Wildman–Crippen MR) is 85.6 cm³/mol. The zero-order chi connectivity index (χ0) is 15.4. The molecule has 0 saturated heterocycles. The molecule has 0 bridgehead atoms. The average Bonchev–Trinajstić information content (AvgIpc) is 2.49. The van der Waals surface area contributed by atoms with Gasteiger partial charge < -0.3 is 15.2 Å². The van der Waals surface area contributed by atoms with Crippen LogP contribution in [0.25, 0.3) is 0 Å². The van der Waals surface area contributed by atoms with E-state index in [1.54, 1.807) is 6.07 Å². The topological polar surface area (TPSA) is 58.6 Å². The number of phenols is 1. The van der Waals surface area contributed by atoms with Gasteiger partial charge in [-0.3, -0.25) is 0 Å². The molecule has 0 heterocycles. The third kappa shape index (κ3) is 3.89. The molecule has 110 valence electrons. The minimum atomic E-state index is -0.714. The van der Waals surface area contributed by atoms with E-state index >= 15 is 0 Å². The van der Waals surface area contributed by atoms with Crippen LogP contribution in [0.1, 0.15) is 11.6 Å². The van der Waals surface area contributed by atoms with Gasteiger partial charge in [-0.05, 0) is 42.0 Å². The van der Waals surface area contributed by atoms with E-state index in [-0.39, 0.29) is 10.8 Å². The fourth-order valence-corrected chi connectivity index (χ4v) is 2.26. The van der Waals surface area contributed by atoms with Crippen molar-refractivity contribution in [1.82, 2.24) is 0 Å². The van der Waals surface area contributed by atoms with Gasteiger partial charge in [0.15, 0.2) is 6.04 Å². The van der Waals surface area contributed by atoms with Gasteiger partial charge in [0.25, 0.3) is 0 Å². The van der Waals surface area contributed by atoms with Gasteiger partial charge in [0.2, 0.25) is 0 Å². The molecule has 0 aliphatic rings. The molecular formula is C15H13BrClNO3. The minimum Gasteiger partial charge on any atom is -0.506 e. The van der Waals surface area contributed by atoms with Crippen molar-refractivity contribution >= 4 is 39.2 Å². The summed E-state index contributed by atoms with van der Waals surface area (Å²) in [6.07, 6.45) is 0. The maximum absolute atomic E-state index is 12.0. The van der Waals surface area contributed by atoms with Gasteiger partial charge in [0.1, 0.15) is 5.75 Å². The van der Waals surface area contributed by atoms with Crippen LogP contribution in [0.3, 0.4) is 0 Å². The molecule has 0 saturated carbocycles. The lowest BCUT2D eigenvalue weighted by atomic mass is 10.1. The Hall–Kier alpha value is -1.72. The van der Waals surface area contributed by atoms with E-state index in [1.165, 1.54) is 19.2 Å². The van der Waals surface area contributed by atoms with Gasteiger partial charge in [-0.2, -0.15) is 0 Å². The highest BCUT2D eigenvalue weighted by molar-refractivity contribution is 9.10. The Morgan fingerprint density at radius 1 is 1.29 bits per heavy atom. The monoisotopic (exact) mass is 369 g/mol. The number of carbonyl (C=O) groups is 1. The summed E-state index contributed by atoms with van der Waals surface area (Å²) in [5, 5.41) is 12.7. The van der Waals surface area contributed by atoms with E-state index < -0.39 is 12.0 Å². The van der Waals surface area contributed by atoms with Crippen molar-refractivity contribution in [2.45, 2.75) is 6.04 Å². The van der Waals surface area contributed by atoms with Crippen LogP contribution in [0.15, 0.2) is 46.9 Å². The van der Waals surface area contributed by atoms with Crippen LogP contribution >= 0.6 is 27.5 Å². The van der Waals surface area contributed by atoms with Crippen molar-refractivity contribution in [3.8, 4) is 5.75 Å². The van der Waals surface area contributed by atoms with Crippen molar-refractivity contribution in [3.05, 3.63) is 57.5 Å². The predicted octanol–water partition coefficient (Wildman–Crippen LogP) is 4.13. The fraction of sp³-hybridized carbons (Fsp3) is 0.133. The smallest absolute Gasteiger partial charge is 0.332 e. The number of halogens is 2. The summed E-state index contributed by atoms with van der Waals surface area (Å²) < 4.78 is 5.76. The number of phenolic OH excluding ortho intramolecular Hbond substituents is 1. The number of aromatic hydroxyl groups is 1. The molecule has 0 aliphatic heterocycles. The lowest BCUT2D eigenvalue weighted by molar-refractivity contribution is -0.141. The van der Waals surface area contributed by atoms with E-state index in [0.29, 0.717) is 5.56 Å². The highest BCUT2D eigenvalue weighted by atomic mass is 79.9. The normalized spacial score (nSPS) is 11.8. The first kappa shape index (κ1) is 15.7.